The van der Waals surface area contributed by atoms with Crippen LogP contribution in [0.2, 0.25) is 0 Å². The van der Waals surface area contributed by atoms with Crippen molar-refractivity contribution in [3.05, 3.63) is 29.6 Å². The van der Waals surface area contributed by atoms with Gasteiger partial charge in [0.05, 0.1) is 13.5 Å². The number of ether oxygens (including phenoxy) is 1. The zero-order valence-corrected chi connectivity index (χ0v) is 11.8. The summed E-state index contributed by atoms with van der Waals surface area (Å²) < 4.78 is 4.75. The van der Waals surface area contributed by atoms with Crippen LogP contribution in [0, 0.1) is 12.3 Å². The van der Waals surface area contributed by atoms with E-state index in [1.54, 1.807) is 0 Å². The first kappa shape index (κ1) is 13.4. The SMILES string of the molecule is COC(=O)CC1(CSCc2cncc(C)c2)CC1. The molecule has 0 spiro atoms. The van der Waals surface area contributed by atoms with Gasteiger partial charge in [0.2, 0.25) is 0 Å². The van der Waals surface area contributed by atoms with Crippen LogP contribution in [0.5, 0.6) is 0 Å². The van der Waals surface area contributed by atoms with Crippen LogP contribution in [0.15, 0.2) is 18.5 Å². The molecule has 1 heterocycles. The Morgan fingerprint density at radius 2 is 2.28 bits per heavy atom. The first-order valence-corrected chi connectivity index (χ1v) is 7.34. The van der Waals surface area contributed by atoms with Crippen LogP contribution in [-0.4, -0.2) is 23.8 Å². The van der Waals surface area contributed by atoms with Crippen molar-refractivity contribution in [1.29, 1.82) is 0 Å². The molecule has 0 radical (unpaired) electrons. The Labute approximate surface area is 112 Å². The molecule has 0 aromatic carbocycles. The average Bonchev–Trinajstić information content (AvgIpc) is 3.09. The molecule has 2 rings (SSSR count). The molecule has 0 aliphatic heterocycles. The van der Waals surface area contributed by atoms with Crippen LogP contribution in [0.3, 0.4) is 0 Å². The summed E-state index contributed by atoms with van der Waals surface area (Å²) in [5.41, 5.74) is 2.67. The highest BCUT2D eigenvalue weighted by atomic mass is 32.2. The summed E-state index contributed by atoms with van der Waals surface area (Å²) in [6.07, 6.45) is 6.67. The Morgan fingerprint density at radius 3 is 2.89 bits per heavy atom. The second-order valence-corrected chi connectivity index (χ2v) is 6.10. The standard InChI is InChI=1S/C14H19NO2S/c1-11-5-12(8-15-7-11)9-18-10-14(3-4-14)6-13(16)17-2/h5,7-8H,3-4,6,9-10H2,1-2H3. The number of aryl methyl sites for hydroxylation is 1. The molecule has 0 N–H and O–H groups in total. The predicted molar refractivity (Wildman–Crippen MR) is 73.4 cm³/mol. The molecule has 1 aromatic heterocycles. The molecule has 1 aliphatic carbocycles. The van der Waals surface area contributed by atoms with Crippen molar-refractivity contribution in [1.82, 2.24) is 4.98 Å². The highest BCUT2D eigenvalue weighted by molar-refractivity contribution is 7.98. The average molecular weight is 265 g/mol. The largest absolute Gasteiger partial charge is 0.469 e. The zero-order valence-electron chi connectivity index (χ0n) is 10.9. The lowest BCUT2D eigenvalue weighted by atomic mass is 10.1. The third-order valence-electron chi connectivity index (χ3n) is 3.31. The number of pyridine rings is 1. The fraction of sp³-hybridized carbons (Fsp3) is 0.571. The van der Waals surface area contributed by atoms with Gasteiger partial charge in [0.15, 0.2) is 0 Å². The van der Waals surface area contributed by atoms with E-state index in [4.69, 9.17) is 4.74 Å². The molecule has 1 aliphatic rings. The molecule has 0 amide bonds. The van der Waals surface area contributed by atoms with Crippen LogP contribution >= 0.6 is 11.8 Å². The number of carbonyl (C=O) groups excluding carboxylic acids is 1. The summed E-state index contributed by atoms with van der Waals surface area (Å²) in [7, 11) is 1.46. The molecule has 0 bridgehead atoms. The van der Waals surface area contributed by atoms with Crippen molar-refractivity contribution < 1.29 is 9.53 Å². The maximum absolute atomic E-state index is 11.3. The van der Waals surface area contributed by atoms with Gasteiger partial charge >= 0.3 is 5.97 Å². The Bertz CT molecular complexity index is 430. The summed E-state index contributed by atoms with van der Waals surface area (Å²) in [5.74, 6) is 1.93. The second kappa shape index (κ2) is 5.74. The lowest BCUT2D eigenvalue weighted by Crippen LogP contribution is -2.13. The van der Waals surface area contributed by atoms with Crippen molar-refractivity contribution in [3.8, 4) is 0 Å². The summed E-state index contributed by atoms with van der Waals surface area (Å²) in [5, 5.41) is 0. The summed E-state index contributed by atoms with van der Waals surface area (Å²) in [6.45, 7) is 2.06. The number of nitrogens with zero attached hydrogens (tertiary/aromatic N) is 1. The number of carbonyl (C=O) groups is 1. The minimum Gasteiger partial charge on any atom is -0.469 e. The molecule has 3 nitrogen and oxygen atoms in total. The molecule has 18 heavy (non-hydrogen) atoms. The molecule has 1 saturated carbocycles. The van der Waals surface area contributed by atoms with E-state index in [9.17, 15) is 4.79 Å². The van der Waals surface area contributed by atoms with Crippen molar-refractivity contribution >= 4 is 17.7 Å². The highest BCUT2D eigenvalue weighted by Crippen LogP contribution is 2.51. The fourth-order valence-electron chi connectivity index (χ4n) is 2.01. The topological polar surface area (TPSA) is 39.2 Å². The monoisotopic (exact) mass is 265 g/mol. The predicted octanol–water partition coefficient (Wildman–Crippen LogP) is 2.97. The first-order valence-electron chi connectivity index (χ1n) is 6.19. The van der Waals surface area contributed by atoms with Crippen LogP contribution < -0.4 is 0 Å². The molecule has 0 atom stereocenters. The quantitative estimate of drug-likeness (QED) is 0.741. The van der Waals surface area contributed by atoms with Crippen molar-refractivity contribution in [3.63, 3.8) is 0 Å². The Morgan fingerprint density at radius 1 is 1.50 bits per heavy atom. The van der Waals surface area contributed by atoms with Gasteiger partial charge in [-0.05, 0) is 42.1 Å². The van der Waals surface area contributed by atoms with Crippen LogP contribution in [-0.2, 0) is 15.3 Å². The summed E-state index contributed by atoms with van der Waals surface area (Å²) in [4.78, 5) is 15.5. The van der Waals surface area contributed by atoms with Crippen LogP contribution in [0.4, 0.5) is 0 Å². The molecule has 0 unspecified atom stereocenters. The molecule has 1 aromatic rings. The fourth-order valence-corrected chi connectivity index (χ4v) is 3.33. The van der Waals surface area contributed by atoms with Gasteiger partial charge in [-0.15, -0.1) is 0 Å². The van der Waals surface area contributed by atoms with E-state index >= 15 is 0 Å². The summed E-state index contributed by atoms with van der Waals surface area (Å²) in [6, 6.07) is 2.17. The minimum atomic E-state index is -0.0784. The van der Waals surface area contributed by atoms with Gasteiger partial charge in [0, 0.05) is 18.1 Å². The lowest BCUT2D eigenvalue weighted by molar-refractivity contribution is -0.141. The van der Waals surface area contributed by atoms with Crippen molar-refractivity contribution in [2.45, 2.75) is 31.9 Å². The smallest absolute Gasteiger partial charge is 0.306 e. The van der Waals surface area contributed by atoms with E-state index < -0.39 is 0 Å². The van der Waals surface area contributed by atoms with E-state index in [2.05, 4.69) is 18.0 Å². The molecule has 4 heteroatoms. The first-order chi connectivity index (χ1) is 8.63. The zero-order chi connectivity index (χ0) is 13.0. The molecule has 98 valence electrons. The normalized spacial score (nSPS) is 16.3. The van der Waals surface area contributed by atoms with E-state index in [1.807, 2.05) is 24.2 Å². The van der Waals surface area contributed by atoms with Crippen molar-refractivity contribution in [2.75, 3.05) is 12.9 Å². The van der Waals surface area contributed by atoms with E-state index in [-0.39, 0.29) is 11.4 Å². The van der Waals surface area contributed by atoms with Gasteiger partial charge in [-0.3, -0.25) is 9.78 Å². The maximum Gasteiger partial charge on any atom is 0.306 e. The van der Waals surface area contributed by atoms with E-state index in [0.29, 0.717) is 6.42 Å². The number of methoxy groups -OCH3 is 1. The number of aromatic nitrogens is 1. The number of rotatable bonds is 6. The Kier molecular flexibility index (Phi) is 4.27. The lowest BCUT2D eigenvalue weighted by Gasteiger charge is -2.12. The molecule has 1 fully saturated rings. The number of esters is 1. The van der Waals surface area contributed by atoms with Gasteiger partial charge < -0.3 is 4.74 Å². The van der Waals surface area contributed by atoms with E-state index in [1.165, 1.54) is 18.2 Å². The van der Waals surface area contributed by atoms with Gasteiger partial charge in [0.1, 0.15) is 0 Å². The number of thioether (sulfide) groups is 1. The van der Waals surface area contributed by atoms with E-state index in [0.717, 1.165) is 24.3 Å². The number of hydrogen-bond acceptors (Lipinski definition) is 4. The van der Waals surface area contributed by atoms with Crippen LogP contribution in [0.1, 0.15) is 30.4 Å². The van der Waals surface area contributed by atoms with Crippen LogP contribution in [0.25, 0.3) is 0 Å². The number of hydrogen-bond donors (Lipinski definition) is 0. The maximum atomic E-state index is 11.3. The molecular weight excluding hydrogens is 246 g/mol. The molecular formula is C14H19NO2S. The van der Waals surface area contributed by atoms with Gasteiger partial charge in [-0.2, -0.15) is 11.8 Å². The molecule has 0 saturated heterocycles. The van der Waals surface area contributed by atoms with Crippen molar-refractivity contribution in [2.24, 2.45) is 5.41 Å². The third kappa shape index (κ3) is 3.73. The Hall–Kier alpha value is -1.03. The second-order valence-electron chi connectivity index (χ2n) is 5.12. The van der Waals surface area contributed by atoms with Gasteiger partial charge in [-0.1, -0.05) is 6.07 Å². The van der Waals surface area contributed by atoms with Gasteiger partial charge in [-0.25, -0.2) is 0 Å². The minimum absolute atomic E-state index is 0.0784. The Balaban J connectivity index is 1.77. The highest BCUT2D eigenvalue weighted by Gasteiger charge is 2.44. The third-order valence-corrected chi connectivity index (χ3v) is 4.67. The van der Waals surface area contributed by atoms with Gasteiger partial charge in [0.25, 0.3) is 0 Å². The summed E-state index contributed by atoms with van der Waals surface area (Å²) >= 11 is 1.89.